The van der Waals surface area contributed by atoms with Crippen molar-refractivity contribution in [1.82, 2.24) is 14.2 Å². The number of rotatable bonds is 3. The zero-order valence-electron chi connectivity index (χ0n) is 9.00. The van der Waals surface area contributed by atoms with Crippen molar-refractivity contribution >= 4 is 11.9 Å². The lowest BCUT2D eigenvalue weighted by Gasteiger charge is -2.27. The Bertz CT molecular complexity index is 339. The molecule has 0 saturated carbocycles. The van der Waals surface area contributed by atoms with Gasteiger partial charge in [-0.15, -0.1) is 0 Å². The first-order chi connectivity index (χ1) is 7.31. The first-order valence-electron chi connectivity index (χ1n) is 4.97. The summed E-state index contributed by atoms with van der Waals surface area (Å²) < 4.78 is 2.23. The predicted octanol–water partition coefficient (Wildman–Crippen LogP) is 2.29. The van der Waals surface area contributed by atoms with Crippen LogP contribution in [0.3, 0.4) is 0 Å². The second-order valence-corrected chi connectivity index (χ2v) is 4.25. The Morgan fingerprint density at radius 1 is 1.40 bits per heavy atom. The van der Waals surface area contributed by atoms with Crippen LogP contribution in [-0.2, 0) is 6.54 Å². The van der Waals surface area contributed by atoms with E-state index in [1.54, 1.807) is 11.9 Å². The van der Waals surface area contributed by atoms with Crippen LogP contribution in [0.2, 0.25) is 0 Å². The Labute approximate surface area is 94.9 Å². The summed E-state index contributed by atoms with van der Waals surface area (Å²) in [6.07, 6.45) is 8.56. The molecule has 1 aromatic heterocycles. The van der Waals surface area contributed by atoms with Gasteiger partial charge in [-0.3, -0.25) is 4.98 Å². The van der Waals surface area contributed by atoms with Crippen LogP contribution in [0.1, 0.15) is 12.6 Å². The average molecular weight is 221 g/mol. The highest BCUT2D eigenvalue weighted by atomic mass is 32.2. The normalized spacial score (nSPS) is 20.0. The molecule has 0 N–H and O–H groups in total. The van der Waals surface area contributed by atoms with Crippen LogP contribution in [0.5, 0.6) is 0 Å². The summed E-state index contributed by atoms with van der Waals surface area (Å²) in [4.78, 5) is 6.60. The lowest BCUT2D eigenvalue weighted by atomic mass is 10.3. The van der Waals surface area contributed by atoms with Crippen molar-refractivity contribution in [3.05, 3.63) is 42.5 Å². The molecular weight excluding hydrogens is 206 g/mol. The van der Waals surface area contributed by atoms with Crippen LogP contribution in [0.4, 0.5) is 0 Å². The van der Waals surface area contributed by atoms with Gasteiger partial charge in [-0.2, -0.15) is 0 Å². The third-order valence-corrected chi connectivity index (χ3v) is 3.38. The summed E-state index contributed by atoms with van der Waals surface area (Å²) in [5.74, 6) is 0. The minimum atomic E-state index is 0.405. The standard InChI is InChI=1S/C11H15N3S/c1-10-13(7-8-14(10)15-2)9-11-5-3-4-6-12-11/h3-8,10H,9H2,1-2H3. The summed E-state index contributed by atoms with van der Waals surface area (Å²) in [5, 5.41) is 0. The molecule has 0 aromatic carbocycles. The van der Waals surface area contributed by atoms with Gasteiger partial charge < -0.3 is 9.21 Å². The summed E-state index contributed by atoms with van der Waals surface area (Å²) in [5.41, 5.74) is 1.11. The first-order valence-corrected chi connectivity index (χ1v) is 6.16. The molecule has 80 valence electrons. The zero-order chi connectivity index (χ0) is 10.7. The number of nitrogens with zero attached hydrogens (tertiary/aromatic N) is 3. The van der Waals surface area contributed by atoms with Gasteiger partial charge >= 0.3 is 0 Å². The SMILES string of the molecule is CSN1C=CN(Cc2ccccn2)C1C. The van der Waals surface area contributed by atoms with Crippen molar-refractivity contribution in [3.63, 3.8) is 0 Å². The molecular formula is C11H15N3S. The summed E-state index contributed by atoms with van der Waals surface area (Å²) in [6.45, 7) is 3.06. The second-order valence-electron chi connectivity index (χ2n) is 3.47. The van der Waals surface area contributed by atoms with Crippen molar-refractivity contribution in [2.45, 2.75) is 19.6 Å². The van der Waals surface area contributed by atoms with E-state index in [0.717, 1.165) is 12.2 Å². The zero-order valence-corrected chi connectivity index (χ0v) is 9.81. The largest absolute Gasteiger partial charge is 0.350 e. The predicted molar refractivity (Wildman–Crippen MR) is 63.7 cm³/mol. The molecule has 1 aliphatic rings. The highest BCUT2D eigenvalue weighted by molar-refractivity contribution is 7.96. The third-order valence-electron chi connectivity index (χ3n) is 2.53. The molecule has 0 aliphatic carbocycles. The van der Waals surface area contributed by atoms with Crippen LogP contribution in [0.15, 0.2) is 36.8 Å². The molecule has 0 saturated heterocycles. The van der Waals surface area contributed by atoms with Gasteiger partial charge in [-0.1, -0.05) is 18.0 Å². The lowest BCUT2D eigenvalue weighted by molar-refractivity contribution is 0.235. The third kappa shape index (κ3) is 2.26. The Morgan fingerprint density at radius 2 is 2.27 bits per heavy atom. The fourth-order valence-corrected chi connectivity index (χ4v) is 2.23. The van der Waals surface area contributed by atoms with E-state index in [1.807, 2.05) is 18.3 Å². The van der Waals surface area contributed by atoms with E-state index in [-0.39, 0.29) is 0 Å². The van der Waals surface area contributed by atoms with Gasteiger partial charge in [0.15, 0.2) is 0 Å². The van der Waals surface area contributed by atoms with Gasteiger partial charge in [0.1, 0.15) is 6.17 Å². The molecule has 1 aromatic rings. The molecule has 1 aliphatic heterocycles. The molecule has 2 heterocycles. The topological polar surface area (TPSA) is 19.4 Å². The fraction of sp³-hybridized carbons (Fsp3) is 0.364. The van der Waals surface area contributed by atoms with Crippen LogP contribution in [0.25, 0.3) is 0 Å². The molecule has 2 rings (SSSR count). The summed E-state index contributed by atoms with van der Waals surface area (Å²) in [6, 6.07) is 6.03. The fourth-order valence-electron chi connectivity index (χ4n) is 1.62. The van der Waals surface area contributed by atoms with Crippen molar-refractivity contribution in [2.24, 2.45) is 0 Å². The van der Waals surface area contributed by atoms with Crippen molar-refractivity contribution in [1.29, 1.82) is 0 Å². The maximum atomic E-state index is 4.33. The summed E-state index contributed by atoms with van der Waals surface area (Å²) in [7, 11) is 0. The smallest absolute Gasteiger partial charge is 0.109 e. The Kier molecular flexibility index (Phi) is 3.16. The lowest BCUT2D eigenvalue weighted by Crippen LogP contribution is -2.31. The molecule has 0 amide bonds. The Hall–Kier alpha value is -1.16. The van der Waals surface area contributed by atoms with Gasteiger partial charge in [0, 0.05) is 24.9 Å². The molecule has 1 unspecified atom stereocenters. The van der Waals surface area contributed by atoms with Crippen molar-refractivity contribution < 1.29 is 0 Å². The highest BCUT2D eigenvalue weighted by Crippen LogP contribution is 2.23. The number of hydrogen-bond acceptors (Lipinski definition) is 4. The van der Waals surface area contributed by atoms with Crippen molar-refractivity contribution in [3.8, 4) is 0 Å². The van der Waals surface area contributed by atoms with E-state index in [4.69, 9.17) is 0 Å². The highest BCUT2D eigenvalue weighted by Gasteiger charge is 2.21. The maximum absolute atomic E-state index is 4.33. The number of aromatic nitrogens is 1. The Morgan fingerprint density at radius 3 is 2.87 bits per heavy atom. The van der Waals surface area contributed by atoms with E-state index in [0.29, 0.717) is 6.17 Å². The van der Waals surface area contributed by atoms with Gasteiger partial charge in [0.2, 0.25) is 0 Å². The molecule has 0 fully saturated rings. The second kappa shape index (κ2) is 4.57. The van der Waals surface area contributed by atoms with E-state index in [2.05, 4.69) is 45.8 Å². The van der Waals surface area contributed by atoms with E-state index < -0.39 is 0 Å². The summed E-state index contributed by atoms with van der Waals surface area (Å²) >= 11 is 1.74. The van der Waals surface area contributed by atoms with Crippen LogP contribution < -0.4 is 0 Å². The molecule has 0 radical (unpaired) electrons. The van der Waals surface area contributed by atoms with Gasteiger partial charge in [-0.25, -0.2) is 0 Å². The van der Waals surface area contributed by atoms with Gasteiger partial charge in [0.05, 0.1) is 12.2 Å². The van der Waals surface area contributed by atoms with Crippen molar-refractivity contribution in [2.75, 3.05) is 6.26 Å². The number of hydrogen-bond donors (Lipinski definition) is 0. The molecule has 0 spiro atoms. The Balaban J connectivity index is 2.00. The van der Waals surface area contributed by atoms with Gasteiger partial charge in [-0.05, 0) is 19.1 Å². The number of pyridine rings is 1. The minimum absolute atomic E-state index is 0.405. The van der Waals surface area contributed by atoms with Crippen LogP contribution in [0, 0.1) is 0 Å². The quantitative estimate of drug-likeness (QED) is 0.729. The minimum Gasteiger partial charge on any atom is -0.350 e. The van der Waals surface area contributed by atoms with Gasteiger partial charge in [0.25, 0.3) is 0 Å². The average Bonchev–Trinajstić information content (AvgIpc) is 2.62. The molecule has 3 nitrogen and oxygen atoms in total. The molecule has 15 heavy (non-hydrogen) atoms. The molecule has 1 atom stereocenters. The van der Waals surface area contributed by atoms with E-state index >= 15 is 0 Å². The van der Waals surface area contributed by atoms with E-state index in [1.165, 1.54) is 0 Å². The monoisotopic (exact) mass is 221 g/mol. The van der Waals surface area contributed by atoms with Crippen LogP contribution in [-0.4, -0.2) is 26.6 Å². The maximum Gasteiger partial charge on any atom is 0.109 e. The molecule has 4 heteroatoms. The van der Waals surface area contributed by atoms with E-state index in [9.17, 15) is 0 Å². The first kappa shape index (κ1) is 10.4. The van der Waals surface area contributed by atoms with Crippen LogP contribution >= 0.6 is 11.9 Å². The molecule has 0 bridgehead atoms.